The molecule has 0 spiro atoms. The molecule has 0 aliphatic carbocycles. The summed E-state index contributed by atoms with van der Waals surface area (Å²) in [6.45, 7) is 0.873. The summed E-state index contributed by atoms with van der Waals surface area (Å²) in [6, 6.07) is 17.6. The second-order valence-corrected chi connectivity index (χ2v) is 5.64. The standard InChI is InChI=1S/C20H20N4O/c25-20(17-9-5-12-21-14-17)24-19-11-10-18(15-23-19)22-13-4-8-16-6-2-1-3-7-16/h1-3,5-7,9-12,14-15,22H,4,8,13H2,(H,23,24,25). The van der Waals surface area contributed by atoms with Gasteiger partial charge in [0.2, 0.25) is 0 Å². The number of hydrogen-bond donors (Lipinski definition) is 2. The maximum atomic E-state index is 12.0. The highest BCUT2D eigenvalue weighted by Crippen LogP contribution is 2.11. The molecule has 0 atom stereocenters. The number of pyridine rings is 2. The van der Waals surface area contributed by atoms with Crippen molar-refractivity contribution in [1.82, 2.24) is 9.97 Å². The Morgan fingerprint density at radius 2 is 1.84 bits per heavy atom. The average Bonchev–Trinajstić information content (AvgIpc) is 2.68. The van der Waals surface area contributed by atoms with Gasteiger partial charge in [0, 0.05) is 18.9 Å². The first-order valence-electron chi connectivity index (χ1n) is 8.26. The van der Waals surface area contributed by atoms with Gasteiger partial charge in [0.25, 0.3) is 5.91 Å². The van der Waals surface area contributed by atoms with E-state index in [-0.39, 0.29) is 5.91 Å². The highest BCUT2D eigenvalue weighted by atomic mass is 16.1. The van der Waals surface area contributed by atoms with E-state index in [1.807, 2.05) is 12.1 Å². The van der Waals surface area contributed by atoms with Crippen LogP contribution in [0.5, 0.6) is 0 Å². The molecule has 1 aromatic carbocycles. The average molecular weight is 332 g/mol. The van der Waals surface area contributed by atoms with Gasteiger partial charge >= 0.3 is 0 Å². The molecule has 25 heavy (non-hydrogen) atoms. The summed E-state index contributed by atoms with van der Waals surface area (Å²) in [4.78, 5) is 20.2. The zero-order chi connectivity index (χ0) is 17.3. The SMILES string of the molecule is O=C(Nc1ccc(NCCCc2ccccc2)cn1)c1cccnc1. The molecule has 0 fully saturated rings. The van der Waals surface area contributed by atoms with Crippen LogP contribution in [0.4, 0.5) is 11.5 Å². The van der Waals surface area contributed by atoms with Crippen LogP contribution in [0.3, 0.4) is 0 Å². The van der Waals surface area contributed by atoms with Crippen molar-refractivity contribution < 1.29 is 4.79 Å². The van der Waals surface area contributed by atoms with Crippen molar-refractivity contribution in [3.63, 3.8) is 0 Å². The highest BCUT2D eigenvalue weighted by molar-refractivity contribution is 6.03. The van der Waals surface area contributed by atoms with Gasteiger partial charge in [0.1, 0.15) is 5.82 Å². The van der Waals surface area contributed by atoms with E-state index in [0.717, 1.165) is 25.1 Å². The first kappa shape index (κ1) is 16.6. The van der Waals surface area contributed by atoms with Crippen molar-refractivity contribution in [3.05, 3.63) is 84.3 Å². The minimum Gasteiger partial charge on any atom is -0.384 e. The minimum atomic E-state index is -0.218. The molecule has 2 aromatic heterocycles. The molecule has 0 saturated heterocycles. The Morgan fingerprint density at radius 3 is 2.56 bits per heavy atom. The number of nitrogens with one attached hydrogen (secondary N) is 2. The van der Waals surface area contributed by atoms with E-state index in [4.69, 9.17) is 0 Å². The number of carbonyl (C=O) groups is 1. The second-order valence-electron chi connectivity index (χ2n) is 5.64. The maximum absolute atomic E-state index is 12.0. The molecule has 2 N–H and O–H groups in total. The van der Waals surface area contributed by atoms with Gasteiger partial charge in [-0.15, -0.1) is 0 Å². The summed E-state index contributed by atoms with van der Waals surface area (Å²) in [5.74, 6) is 0.299. The fourth-order valence-electron chi connectivity index (χ4n) is 2.43. The summed E-state index contributed by atoms with van der Waals surface area (Å²) >= 11 is 0. The molecular formula is C20H20N4O. The monoisotopic (exact) mass is 332 g/mol. The number of nitrogens with zero attached hydrogens (tertiary/aromatic N) is 2. The third-order valence-electron chi connectivity index (χ3n) is 3.74. The van der Waals surface area contributed by atoms with Crippen LogP contribution in [-0.2, 0) is 6.42 Å². The molecule has 5 nitrogen and oxygen atoms in total. The van der Waals surface area contributed by atoms with Crippen LogP contribution in [0.2, 0.25) is 0 Å². The zero-order valence-corrected chi connectivity index (χ0v) is 13.9. The number of aromatic nitrogens is 2. The molecule has 0 radical (unpaired) electrons. The third kappa shape index (κ3) is 5.14. The molecule has 3 rings (SSSR count). The number of hydrogen-bond acceptors (Lipinski definition) is 4. The van der Waals surface area contributed by atoms with Gasteiger partial charge < -0.3 is 10.6 Å². The van der Waals surface area contributed by atoms with E-state index in [1.165, 1.54) is 11.8 Å². The number of carbonyl (C=O) groups excluding carboxylic acids is 1. The number of anilines is 2. The van der Waals surface area contributed by atoms with Crippen LogP contribution in [0.15, 0.2) is 73.2 Å². The fourth-order valence-corrected chi connectivity index (χ4v) is 2.43. The van der Waals surface area contributed by atoms with Gasteiger partial charge in [-0.2, -0.15) is 0 Å². The summed E-state index contributed by atoms with van der Waals surface area (Å²) in [5.41, 5.74) is 2.79. The molecule has 5 heteroatoms. The minimum absolute atomic E-state index is 0.218. The molecule has 126 valence electrons. The molecule has 0 unspecified atom stereocenters. The van der Waals surface area contributed by atoms with Gasteiger partial charge in [-0.25, -0.2) is 4.98 Å². The summed E-state index contributed by atoms with van der Waals surface area (Å²) < 4.78 is 0. The zero-order valence-electron chi connectivity index (χ0n) is 13.9. The van der Waals surface area contributed by atoms with Crippen LogP contribution in [0, 0.1) is 0 Å². The van der Waals surface area contributed by atoms with Gasteiger partial charge in [0.05, 0.1) is 17.4 Å². The van der Waals surface area contributed by atoms with Crippen LogP contribution >= 0.6 is 0 Å². The topological polar surface area (TPSA) is 66.9 Å². The van der Waals surface area contributed by atoms with E-state index in [9.17, 15) is 4.79 Å². The quantitative estimate of drug-likeness (QED) is 0.646. The Balaban J connectivity index is 1.45. The van der Waals surface area contributed by atoms with Crippen LogP contribution in [0.1, 0.15) is 22.3 Å². The molecule has 0 aliphatic rings. The molecule has 2 heterocycles. The lowest BCUT2D eigenvalue weighted by atomic mass is 10.1. The predicted molar refractivity (Wildman–Crippen MR) is 99.7 cm³/mol. The molecule has 3 aromatic rings. The van der Waals surface area contributed by atoms with Crippen molar-refractivity contribution >= 4 is 17.4 Å². The van der Waals surface area contributed by atoms with Gasteiger partial charge in [-0.05, 0) is 42.7 Å². The fraction of sp³-hybridized carbons (Fsp3) is 0.150. The van der Waals surface area contributed by atoms with Gasteiger partial charge in [0.15, 0.2) is 0 Å². The lowest BCUT2D eigenvalue weighted by Gasteiger charge is -2.08. The van der Waals surface area contributed by atoms with Gasteiger partial charge in [-0.3, -0.25) is 9.78 Å². The van der Waals surface area contributed by atoms with Crippen molar-refractivity contribution in [2.45, 2.75) is 12.8 Å². The normalized spacial score (nSPS) is 10.2. The largest absolute Gasteiger partial charge is 0.384 e. The summed E-state index contributed by atoms with van der Waals surface area (Å²) in [5, 5.41) is 6.10. The summed E-state index contributed by atoms with van der Waals surface area (Å²) in [6.07, 6.45) is 6.97. The Bertz CT molecular complexity index is 789. The van der Waals surface area contributed by atoms with E-state index in [1.54, 1.807) is 30.6 Å². The first-order chi connectivity index (χ1) is 12.3. The highest BCUT2D eigenvalue weighted by Gasteiger charge is 2.06. The van der Waals surface area contributed by atoms with Crippen molar-refractivity contribution in [2.75, 3.05) is 17.2 Å². The third-order valence-corrected chi connectivity index (χ3v) is 3.74. The van der Waals surface area contributed by atoms with Crippen LogP contribution < -0.4 is 10.6 Å². The smallest absolute Gasteiger partial charge is 0.258 e. The Hall–Kier alpha value is -3.21. The summed E-state index contributed by atoms with van der Waals surface area (Å²) in [7, 11) is 0. The van der Waals surface area contributed by atoms with Crippen molar-refractivity contribution in [1.29, 1.82) is 0 Å². The Kier molecular flexibility index (Phi) is 5.72. The number of aryl methyl sites for hydroxylation is 1. The van der Waals surface area contributed by atoms with E-state index in [2.05, 4.69) is 44.9 Å². The van der Waals surface area contributed by atoms with Crippen LogP contribution in [0.25, 0.3) is 0 Å². The van der Waals surface area contributed by atoms with Gasteiger partial charge in [-0.1, -0.05) is 30.3 Å². The molecule has 1 amide bonds. The predicted octanol–water partition coefficient (Wildman–Crippen LogP) is 3.77. The Morgan fingerprint density at radius 1 is 0.960 bits per heavy atom. The van der Waals surface area contributed by atoms with Crippen LogP contribution in [-0.4, -0.2) is 22.4 Å². The first-order valence-corrected chi connectivity index (χ1v) is 8.26. The molecule has 0 aliphatic heterocycles. The number of amides is 1. The Labute approximate surface area is 147 Å². The van der Waals surface area contributed by atoms with E-state index >= 15 is 0 Å². The number of rotatable bonds is 7. The molecule has 0 saturated carbocycles. The van der Waals surface area contributed by atoms with E-state index < -0.39 is 0 Å². The lowest BCUT2D eigenvalue weighted by molar-refractivity contribution is 0.102. The maximum Gasteiger partial charge on any atom is 0.258 e. The molecule has 0 bridgehead atoms. The van der Waals surface area contributed by atoms with E-state index in [0.29, 0.717) is 11.4 Å². The number of benzene rings is 1. The molecular weight excluding hydrogens is 312 g/mol. The van der Waals surface area contributed by atoms with Crippen molar-refractivity contribution in [2.24, 2.45) is 0 Å². The lowest BCUT2D eigenvalue weighted by Crippen LogP contribution is -2.13. The van der Waals surface area contributed by atoms with Crippen molar-refractivity contribution in [3.8, 4) is 0 Å². The second kappa shape index (κ2) is 8.59.